The Bertz CT molecular complexity index is 1280. The van der Waals surface area contributed by atoms with Gasteiger partial charge in [0.2, 0.25) is 5.89 Å². The minimum Gasteiger partial charge on any atom is -0.444 e. The van der Waals surface area contributed by atoms with E-state index in [1.165, 1.54) is 35.9 Å². The van der Waals surface area contributed by atoms with Gasteiger partial charge in [0.15, 0.2) is 5.69 Å². The van der Waals surface area contributed by atoms with Crippen molar-refractivity contribution in [3.63, 3.8) is 0 Å². The van der Waals surface area contributed by atoms with E-state index in [9.17, 15) is 9.18 Å². The fourth-order valence-corrected chi connectivity index (χ4v) is 3.32. The number of nitrogens with zero attached hydrogens (tertiary/aromatic N) is 4. The largest absolute Gasteiger partial charge is 0.444 e. The summed E-state index contributed by atoms with van der Waals surface area (Å²) >= 11 is 0. The molecule has 33 heavy (non-hydrogen) atoms. The average Bonchev–Trinajstić information content (AvgIpc) is 3.37. The number of benzene rings is 1. The van der Waals surface area contributed by atoms with Crippen LogP contribution in [-0.4, -0.2) is 32.2 Å². The Balaban J connectivity index is 1.31. The Morgan fingerprint density at radius 1 is 1.24 bits per heavy atom. The number of anilines is 2. The number of pyridine rings is 1. The van der Waals surface area contributed by atoms with Crippen LogP contribution in [0, 0.1) is 11.7 Å². The third-order valence-corrected chi connectivity index (χ3v) is 5.34. The van der Waals surface area contributed by atoms with Crippen molar-refractivity contribution in [2.24, 2.45) is 11.7 Å². The second kappa shape index (κ2) is 8.83. The number of amides is 1. The summed E-state index contributed by atoms with van der Waals surface area (Å²) in [5.41, 5.74) is 8.18. The van der Waals surface area contributed by atoms with Crippen LogP contribution in [0.4, 0.5) is 15.9 Å². The molecule has 0 spiro atoms. The molecule has 0 saturated heterocycles. The summed E-state index contributed by atoms with van der Waals surface area (Å²) < 4.78 is 20.3. The van der Waals surface area contributed by atoms with Crippen LogP contribution in [-0.2, 0) is 6.54 Å². The Morgan fingerprint density at radius 2 is 2.06 bits per heavy atom. The Labute approximate surface area is 188 Å². The normalized spacial score (nSPS) is 13.2. The Kier molecular flexibility index (Phi) is 5.57. The summed E-state index contributed by atoms with van der Waals surface area (Å²) in [6.07, 6.45) is 7.09. The van der Waals surface area contributed by atoms with Crippen LogP contribution in [0.25, 0.3) is 17.1 Å². The fraction of sp³-hybridized carbons (Fsp3) is 0.217. The zero-order valence-electron chi connectivity index (χ0n) is 17.7. The molecule has 5 rings (SSSR count). The van der Waals surface area contributed by atoms with Crippen molar-refractivity contribution in [1.82, 2.24) is 19.7 Å². The van der Waals surface area contributed by atoms with Crippen LogP contribution < -0.4 is 16.4 Å². The van der Waals surface area contributed by atoms with Crippen molar-refractivity contribution in [2.75, 3.05) is 17.2 Å². The lowest BCUT2D eigenvalue weighted by Gasteiger charge is -2.04. The number of carbonyl (C=O) groups excluding carboxylic acids is 1. The van der Waals surface area contributed by atoms with E-state index in [-0.39, 0.29) is 18.1 Å². The molecular weight excluding hydrogens is 425 g/mol. The van der Waals surface area contributed by atoms with E-state index in [1.54, 1.807) is 30.6 Å². The van der Waals surface area contributed by atoms with Crippen molar-refractivity contribution < 1.29 is 13.6 Å². The zero-order chi connectivity index (χ0) is 22.8. The molecule has 1 amide bonds. The lowest BCUT2D eigenvalue weighted by Crippen LogP contribution is -2.14. The lowest BCUT2D eigenvalue weighted by atomic mass is 10.2. The summed E-state index contributed by atoms with van der Waals surface area (Å²) in [6, 6.07) is 9.45. The molecule has 1 fully saturated rings. The van der Waals surface area contributed by atoms with Crippen LogP contribution in [0.3, 0.4) is 0 Å². The molecule has 168 valence electrons. The van der Waals surface area contributed by atoms with Crippen LogP contribution in [0.2, 0.25) is 0 Å². The number of halogens is 1. The molecule has 1 aromatic carbocycles. The van der Waals surface area contributed by atoms with E-state index in [4.69, 9.17) is 10.2 Å². The van der Waals surface area contributed by atoms with E-state index in [0.29, 0.717) is 28.5 Å². The highest BCUT2D eigenvalue weighted by Crippen LogP contribution is 2.29. The van der Waals surface area contributed by atoms with Gasteiger partial charge in [0, 0.05) is 24.8 Å². The molecule has 9 nitrogen and oxygen atoms in total. The molecule has 0 unspecified atom stereocenters. The number of nitrogens with one attached hydrogen (secondary N) is 2. The van der Waals surface area contributed by atoms with Crippen molar-refractivity contribution in [3.05, 3.63) is 72.3 Å². The van der Waals surface area contributed by atoms with Crippen LogP contribution in [0.15, 0.2) is 59.5 Å². The molecular formula is C23H22FN7O2. The first-order chi connectivity index (χ1) is 16.1. The highest BCUT2D eigenvalue weighted by molar-refractivity contribution is 6.03. The van der Waals surface area contributed by atoms with E-state index < -0.39 is 5.91 Å². The molecule has 0 aliphatic heterocycles. The van der Waals surface area contributed by atoms with Gasteiger partial charge in [-0.2, -0.15) is 5.10 Å². The van der Waals surface area contributed by atoms with Gasteiger partial charge in [-0.25, -0.2) is 19.0 Å². The number of aromatic nitrogens is 4. The predicted molar refractivity (Wildman–Crippen MR) is 120 cm³/mol. The first kappa shape index (κ1) is 20.8. The third kappa shape index (κ3) is 4.75. The maximum Gasteiger partial charge on any atom is 0.277 e. The predicted octanol–water partition coefficient (Wildman–Crippen LogP) is 3.59. The van der Waals surface area contributed by atoms with Gasteiger partial charge in [-0.15, -0.1) is 0 Å². The topological polar surface area (TPSA) is 124 Å². The quantitative estimate of drug-likeness (QED) is 0.377. The highest BCUT2D eigenvalue weighted by Gasteiger charge is 2.21. The summed E-state index contributed by atoms with van der Waals surface area (Å²) in [4.78, 5) is 21.4. The van der Waals surface area contributed by atoms with Crippen molar-refractivity contribution >= 4 is 17.4 Å². The number of hydrogen-bond donors (Lipinski definition) is 3. The number of hydrogen-bond acceptors (Lipinski definition) is 7. The van der Waals surface area contributed by atoms with E-state index in [2.05, 4.69) is 25.7 Å². The van der Waals surface area contributed by atoms with Gasteiger partial charge in [-0.3, -0.25) is 4.79 Å². The Morgan fingerprint density at radius 3 is 2.82 bits per heavy atom. The van der Waals surface area contributed by atoms with Crippen LogP contribution in [0.5, 0.6) is 0 Å². The molecule has 10 heteroatoms. The monoisotopic (exact) mass is 447 g/mol. The van der Waals surface area contributed by atoms with Gasteiger partial charge in [0.1, 0.15) is 17.9 Å². The molecule has 3 aromatic heterocycles. The van der Waals surface area contributed by atoms with Crippen LogP contribution >= 0.6 is 0 Å². The van der Waals surface area contributed by atoms with Gasteiger partial charge in [0.25, 0.3) is 5.91 Å². The molecule has 1 aliphatic rings. The average molecular weight is 447 g/mol. The SMILES string of the molecule is NCc1nn(-c2ccc(F)cc2)cc1NC(=O)c1coc(-c2ccnc(NCC3CC3)c2)n1. The fourth-order valence-electron chi connectivity index (χ4n) is 3.32. The van der Waals surface area contributed by atoms with Crippen molar-refractivity contribution in [2.45, 2.75) is 19.4 Å². The molecule has 3 heterocycles. The second-order valence-corrected chi connectivity index (χ2v) is 7.86. The first-order valence-corrected chi connectivity index (χ1v) is 10.6. The summed E-state index contributed by atoms with van der Waals surface area (Å²) in [5.74, 6) is 0.973. The maximum absolute atomic E-state index is 13.2. The minimum absolute atomic E-state index is 0.113. The molecule has 1 aliphatic carbocycles. The zero-order valence-corrected chi connectivity index (χ0v) is 17.7. The molecule has 0 atom stereocenters. The van der Waals surface area contributed by atoms with E-state index in [1.807, 2.05) is 6.07 Å². The molecule has 0 bridgehead atoms. The smallest absolute Gasteiger partial charge is 0.277 e. The maximum atomic E-state index is 13.2. The van der Waals surface area contributed by atoms with Gasteiger partial charge < -0.3 is 20.8 Å². The number of rotatable bonds is 8. The second-order valence-electron chi connectivity index (χ2n) is 7.86. The minimum atomic E-state index is -0.459. The number of nitrogens with two attached hydrogens (primary N) is 1. The van der Waals surface area contributed by atoms with Gasteiger partial charge in [0.05, 0.1) is 23.3 Å². The van der Waals surface area contributed by atoms with Gasteiger partial charge >= 0.3 is 0 Å². The van der Waals surface area contributed by atoms with E-state index in [0.717, 1.165) is 18.3 Å². The van der Waals surface area contributed by atoms with Crippen LogP contribution in [0.1, 0.15) is 29.0 Å². The highest BCUT2D eigenvalue weighted by atomic mass is 19.1. The molecule has 4 N–H and O–H groups in total. The van der Waals surface area contributed by atoms with Gasteiger partial charge in [-0.1, -0.05) is 0 Å². The number of carbonyl (C=O) groups is 1. The Hall–Kier alpha value is -4.05. The number of oxazole rings is 1. The standard InChI is InChI=1S/C23H22FN7O2/c24-16-3-5-17(6-4-16)31-12-19(18(10-25)30-31)28-22(32)20-13-33-23(29-20)15-7-8-26-21(9-15)27-11-14-1-2-14/h3-9,12-14H,1-2,10-11,25H2,(H,26,27)(H,28,32). The van der Waals surface area contributed by atoms with Crippen molar-refractivity contribution in [1.29, 1.82) is 0 Å². The third-order valence-electron chi connectivity index (χ3n) is 5.34. The summed E-state index contributed by atoms with van der Waals surface area (Å²) in [6.45, 7) is 1.01. The first-order valence-electron chi connectivity index (χ1n) is 10.6. The summed E-state index contributed by atoms with van der Waals surface area (Å²) in [5, 5.41) is 10.4. The molecule has 0 radical (unpaired) electrons. The lowest BCUT2D eigenvalue weighted by molar-refractivity contribution is 0.102. The van der Waals surface area contributed by atoms with E-state index >= 15 is 0 Å². The van der Waals surface area contributed by atoms with Crippen molar-refractivity contribution in [3.8, 4) is 17.1 Å². The molecule has 4 aromatic rings. The molecule has 1 saturated carbocycles. The summed E-state index contributed by atoms with van der Waals surface area (Å²) in [7, 11) is 0. The van der Waals surface area contributed by atoms with Gasteiger partial charge in [-0.05, 0) is 55.2 Å².